The molecule has 0 radical (unpaired) electrons. The second kappa shape index (κ2) is 7.88. The van der Waals surface area contributed by atoms with Crippen LogP contribution in [0.5, 0.6) is 0 Å². The van der Waals surface area contributed by atoms with E-state index in [1.54, 1.807) is 0 Å². The topological polar surface area (TPSA) is 41.6 Å². The fourth-order valence-electron chi connectivity index (χ4n) is 3.43. The summed E-state index contributed by atoms with van der Waals surface area (Å²) in [6.45, 7) is 3.86. The Bertz CT molecular complexity index is 506. The third kappa shape index (κ3) is 4.75. The fraction of sp³-hybridized carbons (Fsp3) is 0.611. The lowest BCUT2D eigenvalue weighted by atomic mass is 9.90. The molecule has 1 unspecified atom stereocenters. The van der Waals surface area contributed by atoms with E-state index < -0.39 is 0 Å². The number of amides is 1. The number of carbonyl (C=O) groups is 1. The Hall–Kier alpha value is -1.46. The van der Waals surface area contributed by atoms with Crippen molar-refractivity contribution < 1.29 is 13.9 Å². The van der Waals surface area contributed by atoms with Gasteiger partial charge in [-0.15, -0.1) is 0 Å². The number of nitrogens with zero attached hydrogens (tertiary/aromatic N) is 1. The van der Waals surface area contributed by atoms with Gasteiger partial charge in [0.25, 0.3) is 0 Å². The summed E-state index contributed by atoms with van der Waals surface area (Å²) in [4.78, 5) is 14.3. The Morgan fingerprint density at radius 3 is 2.65 bits per heavy atom. The molecule has 126 valence electrons. The minimum absolute atomic E-state index is 0.160. The van der Waals surface area contributed by atoms with Gasteiger partial charge in [-0.25, -0.2) is 4.39 Å². The number of hydrogen-bond acceptors (Lipinski definition) is 3. The molecule has 0 aromatic heterocycles. The van der Waals surface area contributed by atoms with Crippen LogP contribution in [-0.4, -0.2) is 49.7 Å². The summed E-state index contributed by atoms with van der Waals surface area (Å²) in [5.74, 6) is 0.628. The summed E-state index contributed by atoms with van der Waals surface area (Å²) in [5, 5.41) is 3.33. The van der Waals surface area contributed by atoms with Gasteiger partial charge in [-0.1, -0.05) is 12.1 Å². The van der Waals surface area contributed by atoms with Gasteiger partial charge in [0, 0.05) is 32.1 Å². The molecule has 0 spiro atoms. The maximum absolute atomic E-state index is 12.9. The predicted octanol–water partition coefficient (Wildman–Crippen LogP) is 1.99. The van der Waals surface area contributed by atoms with Crippen molar-refractivity contribution in [2.75, 3.05) is 32.8 Å². The first-order valence-corrected chi connectivity index (χ1v) is 8.54. The first-order chi connectivity index (χ1) is 11.2. The number of nitrogens with one attached hydrogen (secondary N) is 1. The highest BCUT2D eigenvalue weighted by Crippen LogP contribution is 2.22. The van der Waals surface area contributed by atoms with E-state index in [0.29, 0.717) is 18.9 Å². The monoisotopic (exact) mass is 320 g/mol. The van der Waals surface area contributed by atoms with Crippen LogP contribution in [0.2, 0.25) is 0 Å². The molecule has 1 aromatic rings. The van der Waals surface area contributed by atoms with Crippen molar-refractivity contribution in [3.05, 3.63) is 35.6 Å². The summed E-state index contributed by atoms with van der Waals surface area (Å²) >= 11 is 0. The largest absolute Gasteiger partial charge is 0.378 e. The second-order valence-corrected chi connectivity index (χ2v) is 6.58. The van der Waals surface area contributed by atoms with Crippen LogP contribution in [-0.2, 0) is 16.0 Å². The molecule has 3 rings (SSSR count). The van der Waals surface area contributed by atoms with Crippen molar-refractivity contribution in [1.29, 1.82) is 0 Å². The van der Waals surface area contributed by atoms with Crippen LogP contribution in [0.3, 0.4) is 0 Å². The Morgan fingerprint density at radius 1 is 1.26 bits per heavy atom. The van der Waals surface area contributed by atoms with Gasteiger partial charge < -0.3 is 15.0 Å². The SMILES string of the molecule is O=C(CC1COCCN1)N1CCC(Cc2ccc(F)cc2)CC1. The van der Waals surface area contributed by atoms with E-state index in [1.807, 2.05) is 17.0 Å². The lowest BCUT2D eigenvalue weighted by Crippen LogP contribution is -2.46. The zero-order chi connectivity index (χ0) is 16.1. The molecule has 1 amide bonds. The van der Waals surface area contributed by atoms with Crippen LogP contribution < -0.4 is 5.32 Å². The number of ether oxygens (including phenoxy) is 1. The van der Waals surface area contributed by atoms with Gasteiger partial charge in [0.1, 0.15) is 5.82 Å². The van der Waals surface area contributed by atoms with Gasteiger partial charge in [-0.2, -0.15) is 0 Å². The Balaban J connectivity index is 1.42. The first kappa shape index (κ1) is 16.4. The number of likely N-dealkylation sites (tertiary alicyclic amines) is 1. The maximum Gasteiger partial charge on any atom is 0.224 e. The zero-order valence-electron chi connectivity index (χ0n) is 13.5. The molecule has 2 aliphatic rings. The number of piperidine rings is 1. The predicted molar refractivity (Wildman–Crippen MR) is 86.6 cm³/mol. The molecule has 2 heterocycles. The number of carbonyl (C=O) groups excluding carboxylic acids is 1. The van der Waals surface area contributed by atoms with E-state index in [1.165, 1.54) is 17.7 Å². The van der Waals surface area contributed by atoms with Crippen LogP contribution >= 0.6 is 0 Å². The van der Waals surface area contributed by atoms with E-state index in [2.05, 4.69) is 5.32 Å². The highest BCUT2D eigenvalue weighted by atomic mass is 19.1. The van der Waals surface area contributed by atoms with Gasteiger partial charge in [0.2, 0.25) is 5.91 Å². The highest BCUT2D eigenvalue weighted by Gasteiger charge is 2.25. The van der Waals surface area contributed by atoms with E-state index in [4.69, 9.17) is 4.74 Å². The van der Waals surface area contributed by atoms with E-state index >= 15 is 0 Å². The smallest absolute Gasteiger partial charge is 0.224 e. The molecular formula is C18H25FN2O2. The average molecular weight is 320 g/mol. The Labute approximate surface area is 137 Å². The summed E-state index contributed by atoms with van der Waals surface area (Å²) < 4.78 is 18.3. The van der Waals surface area contributed by atoms with Gasteiger partial charge in [-0.3, -0.25) is 4.79 Å². The highest BCUT2D eigenvalue weighted by molar-refractivity contribution is 5.77. The van der Waals surface area contributed by atoms with Crippen molar-refractivity contribution in [3.8, 4) is 0 Å². The molecule has 1 aromatic carbocycles. The Morgan fingerprint density at radius 2 is 2.00 bits per heavy atom. The molecule has 0 saturated carbocycles. The molecule has 5 heteroatoms. The number of benzene rings is 1. The van der Waals surface area contributed by atoms with Gasteiger partial charge in [0.05, 0.1) is 13.2 Å². The summed E-state index contributed by atoms with van der Waals surface area (Å²) in [7, 11) is 0. The number of hydrogen-bond donors (Lipinski definition) is 1. The number of halogens is 1. The van der Waals surface area contributed by atoms with Crippen LogP contribution in [0.15, 0.2) is 24.3 Å². The number of rotatable bonds is 4. The minimum Gasteiger partial charge on any atom is -0.378 e. The second-order valence-electron chi connectivity index (χ2n) is 6.58. The normalized spacial score (nSPS) is 23.0. The molecule has 0 bridgehead atoms. The van der Waals surface area contributed by atoms with Crippen LogP contribution in [0.1, 0.15) is 24.8 Å². The third-order valence-electron chi connectivity index (χ3n) is 4.82. The summed E-state index contributed by atoms with van der Waals surface area (Å²) in [6.07, 6.45) is 3.55. The molecule has 1 atom stereocenters. The van der Waals surface area contributed by atoms with Gasteiger partial charge >= 0.3 is 0 Å². The molecule has 1 N–H and O–H groups in total. The summed E-state index contributed by atoms with van der Waals surface area (Å²) in [6, 6.07) is 6.93. The first-order valence-electron chi connectivity index (χ1n) is 8.54. The van der Waals surface area contributed by atoms with Crippen LogP contribution in [0, 0.1) is 11.7 Å². The maximum atomic E-state index is 12.9. The molecule has 2 aliphatic heterocycles. The van der Waals surface area contributed by atoms with E-state index in [-0.39, 0.29) is 17.8 Å². The van der Waals surface area contributed by atoms with Crippen molar-refractivity contribution in [3.63, 3.8) is 0 Å². The lowest BCUT2D eigenvalue weighted by molar-refractivity contribution is -0.133. The molecule has 4 nitrogen and oxygen atoms in total. The summed E-state index contributed by atoms with van der Waals surface area (Å²) in [5.41, 5.74) is 1.18. The van der Waals surface area contributed by atoms with Gasteiger partial charge in [0.15, 0.2) is 0 Å². The van der Waals surface area contributed by atoms with Crippen molar-refractivity contribution in [2.24, 2.45) is 5.92 Å². The van der Waals surface area contributed by atoms with E-state index in [0.717, 1.165) is 45.5 Å². The average Bonchev–Trinajstić information content (AvgIpc) is 2.58. The van der Waals surface area contributed by atoms with Crippen LogP contribution in [0.25, 0.3) is 0 Å². The molecule has 23 heavy (non-hydrogen) atoms. The minimum atomic E-state index is -0.186. The molecular weight excluding hydrogens is 295 g/mol. The standard InChI is InChI=1S/C18H25FN2O2/c19-16-3-1-14(2-4-16)11-15-5-8-21(9-6-15)18(22)12-17-13-23-10-7-20-17/h1-4,15,17,20H,5-13H2. The fourth-order valence-corrected chi connectivity index (χ4v) is 3.43. The van der Waals surface area contributed by atoms with Crippen LogP contribution in [0.4, 0.5) is 4.39 Å². The molecule has 2 saturated heterocycles. The lowest BCUT2D eigenvalue weighted by Gasteiger charge is -2.33. The van der Waals surface area contributed by atoms with Crippen molar-refractivity contribution >= 4 is 5.91 Å². The molecule has 0 aliphatic carbocycles. The Kier molecular flexibility index (Phi) is 5.62. The number of morpholine rings is 1. The quantitative estimate of drug-likeness (QED) is 0.922. The third-order valence-corrected chi connectivity index (χ3v) is 4.82. The zero-order valence-corrected chi connectivity index (χ0v) is 13.5. The van der Waals surface area contributed by atoms with E-state index in [9.17, 15) is 9.18 Å². The molecule has 2 fully saturated rings. The van der Waals surface area contributed by atoms with Crippen molar-refractivity contribution in [1.82, 2.24) is 10.2 Å². The van der Waals surface area contributed by atoms with Gasteiger partial charge in [-0.05, 0) is 42.9 Å². The van der Waals surface area contributed by atoms with Crippen molar-refractivity contribution in [2.45, 2.75) is 31.7 Å².